The molecule has 0 saturated heterocycles. The van der Waals surface area contributed by atoms with Gasteiger partial charge in [0.1, 0.15) is 0 Å². The van der Waals surface area contributed by atoms with Gasteiger partial charge in [0.2, 0.25) is 0 Å². The molecule has 0 radical (unpaired) electrons. The van der Waals surface area contributed by atoms with Gasteiger partial charge < -0.3 is 9.84 Å². The predicted octanol–water partition coefficient (Wildman–Crippen LogP) is 3.16. The Morgan fingerprint density at radius 1 is 1.26 bits per heavy atom. The molecule has 1 aromatic rings. The van der Waals surface area contributed by atoms with Gasteiger partial charge in [-0.3, -0.25) is 4.79 Å². The Morgan fingerprint density at radius 3 is 2.26 bits per heavy atom. The van der Waals surface area contributed by atoms with Crippen LogP contribution in [0, 0.1) is 20.8 Å². The minimum Gasteiger partial charge on any atom is -0.466 e. The quantitative estimate of drug-likeness (QED) is 0.831. The molecule has 0 saturated carbocycles. The van der Waals surface area contributed by atoms with E-state index in [2.05, 4.69) is 12.1 Å². The van der Waals surface area contributed by atoms with Crippen molar-refractivity contribution in [2.24, 2.45) is 0 Å². The van der Waals surface area contributed by atoms with Gasteiger partial charge in [-0.05, 0) is 57.7 Å². The van der Waals surface area contributed by atoms with E-state index in [1.807, 2.05) is 20.8 Å². The summed E-state index contributed by atoms with van der Waals surface area (Å²) in [7, 11) is 0. The second kappa shape index (κ2) is 6.20. The van der Waals surface area contributed by atoms with Crippen LogP contribution in [0.1, 0.15) is 48.9 Å². The molecule has 3 nitrogen and oxygen atoms in total. The van der Waals surface area contributed by atoms with Gasteiger partial charge in [0.05, 0.1) is 12.2 Å². The number of ether oxygens (including phenoxy) is 1. The molecule has 0 spiro atoms. The van der Waals surface area contributed by atoms with Crippen molar-refractivity contribution in [3.05, 3.63) is 34.4 Å². The van der Waals surface area contributed by atoms with E-state index in [-0.39, 0.29) is 12.4 Å². The molecule has 0 aromatic heterocycles. The number of aryl methyl sites for hydroxylation is 3. The molecule has 0 aliphatic heterocycles. The van der Waals surface area contributed by atoms with Crippen LogP contribution in [0.25, 0.3) is 0 Å². The van der Waals surface area contributed by atoms with Gasteiger partial charge >= 0.3 is 5.97 Å². The zero-order valence-corrected chi connectivity index (χ0v) is 12.5. The molecule has 3 heteroatoms. The van der Waals surface area contributed by atoms with Crippen molar-refractivity contribution >= 4 is 5.97 Å². The minimum atomic E-state index is -1.01. The fourth-order valence-corrected chi connectivity index (χ4v) is 2.73. The third kappa shape index (κ3) is 4.06. The molecule has 1 aromatic carbocycles. The highest BCUT2D eigenvalue weighted by Gasteiger charge is 2.27. The summed E-state index contributed by atoms with van der Waals surface area (Å²) in [6.07, 6.45) is 0.601. The lowest BCUT2D eigenvalue weighted by molar-refractivity contribution is -0.144. The van der Waals surface area contributed by atoms with Crippen LogP contribution in [0.15, 0.2) is 12.1 Å². The highest BCUT2D eigenvalue weighted by molar-refractivity contribution is 5.69. The van der Waals surface area contributed by atoms with E-state index in [1.165, 1.54) is 5.56 Å². The number of benzene rings is 1. The molecule has 1 atom stereocenters. The second-order valence-corrected chi connectivity index (χ2v) is 5.35. The zero-order valence-electron chi connectivity index (χ0n) is 12.5. The number of carbonyl (C=O) groups excluding carboxylic acids is 1. The molecule has 1 unspecified atom stereocenters. The third-order valence-electron chi connectivity index (χ3n) is 3.34. The molecule has 0 bridgehead atoms. The second-order valence-electron chi connectivity index (χ2n) is 5.35. The van der Waals surface area contributed by atoms with E-state index in [0.717, 1.165) is 16.7 Å². The third-order valence-corrected chi connectivity index (χ3v) is 3.34. The van der Waals surface area contributed by atoms with Crippen LogP contribution in [0.3, 0.4) is 0 Å². The van der Waals surface area contributed by atoms with Crippen molar-refractivity contribution in [3.63, 3.8) is 0 Å². The first kappa shape index (κ1) is 15.7. The Balaban J connectivity index is 2.91. The van der Waals surface area contributed by atoms with Crippen LogP contribution in [0.4, 0.5) is 0 Å². The van der Waals surface area contributed by atoms with E-state index < -0.39 is 5.60 Å². The topological polar surface area (TPSA) is 46.5 Å². The van der Waals surface area contributed by atoms with Gasteiger partial charge in [-0.25, -0.2) is 0 Å². The highest BCUT2D eigenvalue weighted by atomic mass is 16.5. The van der Waals surface area contributed by atoms with Crippen LogP contribution in [0.5, 0.6) is 0 Å². The van der Waals surface area contributed by atoms with Gasteiger partial charge in [-0.1, -0.05) is 17.7 Å². The lowest BCUT2D eigenvalue weighted by atomic mass is 9.84. The van der Waals surface area contributed by atoms with Crippen molar-refractivity contribution in [3.8, 4) is 0 Å². The minimum absolute atomic E-state index is 0.230. The number of rotatable bonds is 5. The van der Waals surface area contributed by atoms with Crippen LogP contribution in [-0.4, -0.2) is 17.7 Å². The maximum atomic E-state index is 11.4. The molecule has 0 aliphatic carbocycles. The Kier molecular flexibility index (Phi) is 5.12. The monoisotopic (exact) mass is 264 g/mol. The summed E-state index contributed by atoms with van der Waals surface area (Å²) in [6, 6.07) is 4.11. The molecule has 1 N–H and O–H groups in total. The Bertz CT molecular complexity index is 438. The Hall–Kier alpha value is -1.35. The fraction of sp³-hybridized carbons (Fsp3) is 0.562. The Morgan fingerprint density at radius 2 is 1.79 bits per heavy atom. The predicted molar refractivity (Wildman–Crippen MR) is 76.1 cm³/mol. The molecule has 1 rings (SSSR count). The maximum absolute atomic E-state index is 11.4. The molecular formula is C16H24O3. The maximum Gasteiger partial charge on any atom is 0.305 e. The first-order valence-corrected chi connectivity index (χ1v) is 6.74. The van der Waals surface area contributed by atoms with Crippen LogP contribution in [0.2, 0.25) is 0 Å². The van der Waals surface area contributed by atoms with E-state index >= 15 is 0 Å². The van der Waals surface area contributed by atoms with Crippen LogP contribution >= 0.6 is 0 Å². The number of carbonyl (C=O) groups is 1. The highest BCUT2D eigenvalue weighted by Crippen LogP contribution is 2.32. The van der Waals surface area contributed by atoms with E-state index in [9.17, 15) is 9.90 Å². The zero-order chi connectivity index (χ0) is 14.6. The van der Waals surface area contributed by atoms with Gasteiger partial charge in [-0.15, -0.1) is 0 Å². The Labute approximate surface area is 115 Å². The number of aliphatic hydroxyl groups is 1. The van der Waals surface area contributed by atoms with Crippen molar-refractivity contribution in [1.82, 2.24) is 0 Å². The number of hydrogen-bond acceptors (Lipinski definition) is 3. The standard InChI is InChI=1S/C16H24O3/c1-6-19-14(17)7-8-16(5,18)15-12(3)9-11(2)10-13(15)4/h9-10,18H,6-8H2,1-5H3. The van der Waals surface area contributed by atoms with Crippen molar-refractivity contribution < 1.29 is 14.6 Å². The average Bonchev–Trinajstić information content (AvgIpc) is 2.25. The van der Waals surface area contributed by atoms with Gasteiger partial charge in [0.15, 0.2) is 0 Å². The van der Waals surface area contributed by atoms with E-state index in [1.54, 1.807) is 13.8 Å². The van der Waals surface area contributed by atoms with Gasteiger partial charge in [0, 0.05) is 6.42 Å². The average molecular weight is 264 g/mol. The smallest absolute Gasteiger partial charge is 0.305 e. The molecular weight excluding hydrogens is 240 g/mol. The number of hydrogen-bond donors (Lipinski definition) is 1. The van der Waals surface area contributed by atoms with Gasteiger partial charge in [-0.2, -0.15) is 0 Å². The van der Waals surface area contributed by atoms with Gasteiger partial charge in [0.25, 0.3) is 0 Å². The number of esters is 1. The normalized spacial score (nSPS) is 14.0. The summed E-state index contributed by atoms with van der Waals surface area (Å²) in [5.41, 5.74) is 3.22. The van der Waals surface area contributed by atoms with E-state index in [0.29, 0.717) is 13.0 Å². The van der Waals surface area contributed by atoms with E-state index in [4.69, 9.17) is 4.74 Å². The summed E-state index contributed by atoms with van der Waals surface area (Å²) in [5, 5.41) is 10.6. The van der Waals surface area contributed by atoms with Crippen molar-refractivity contribution in [2.45, 2.75) is 53.1 Å². The molecule has 0 heterocycles. The van der Waals surface area contributed by atoms with Crippen molar-refractivity contribution in [1.29, 1.82) is 0 Å². The summed E-state index contributed by atoms with van der Waals surface area (Å²) in [5.74, 6) is -0.259. The molecule has 106 valence electrons. The summed E-state index contributed by atoms with van der Waals surface area (Å²) in [6.45, 7) is 9.95. The molecule has 19 heavy (non-hydrogen) atoms. The largest absolute Gasteiger partial charge is 0.466 e. The molecule has 0 fully saturated rings. The lowest BCUT2D eigenvalue weighted by Crippen LogP contribution is -2.25. The molecule has 0 amide bonds. The summed E-state index contributed by atoms with van der Waals surface area (Å²) in [4.78, 5) is 11.4. The molecule has 0 aliphatic rings. The fourth-order valence-electron chi connectivity index (χ4n) is 2.73. The first-order chi connectivity index (χ1) is 8.77. The summed E-state index contributed by atoms with van der Waals surface area (Å²) >= 11 is 0. The SMILES string of the molecule is CCOC(=O)CCC(C)(O)c1c(C)cc(C)cc1C. The first-order valence-electron chi connectivity index (χ1n) is 6.74. The van der Waals surface area contributed by atoms with Crippen LogP contribution in [-0.2, 0) is 15.1 Å². The van der Waals surface area contributed by atoms with Crippen molar-refractivity contribution in [2.75, 3.05) is 6.61 Å². The van der Waals surface area contributed by atoms with Crippen LogP contribution < -0.4 is 0 Å². The summed E-state index contributed by atoms with van der Waals surface area (Å²) < 4.78 is 4.90. The lowest BCUT2D eigenvalue weighted by Gasteiger charge is -2.27.